The molecule has 17 heavy (non-hydrogen) atoms. The predicted molar refractivity (Wildman–Crippen MR) is 68.2 cm³/mol. The summed E-state index contributed by atoms with van der Waals surface area (Å²) < 4.78 is 0. The average Bonchev–Trinajstić information content (AvgIpc) is 2.62. The third kappa shape index (κ3) is 3.08. The van der Waals surface area contributed by atoms with Crippen molar-refractivity contribution in [2.45, 2.75) is 6.54 Å². The van der Waals surface area contributed by atoms with E-state index in [0.717, 1.165) is 11.1 Å². The van der Waals surface area contributed by atoms with Gasteiger partial charge in [-0.15, -0.1) is 0 Å². The van der Waals surface area contributed by atoms with Gasteiger partial charge in [-0.05, 0) is 23.8 Å². The summed E-state index contributed by atoms with van der Waals surface area (Å²) in [6, 6.07) is 7.63. The summed E-state index contributed by atoms with van der Waals surface area (Å²) >= 11 is 0. The predicted octanol–water partition coefficient (Wildman–Crippen LogP) is 2.10. The zero-order valence-corrected chi connectivity index (χ0v) is 9.39. The fourth-order valence-electron chi connectivity index (χ4n) is 1.57. The van der Waals surface area contributed by atoms with Crippen LogP contribution in [0.4, 0.5) is 0 Å². The Morgan fingerprint density at radius 3 is 2.35 bits per heavy atom. The first-order chi connectivity index (χ1) is 8.38. The van der Waals surface area contributed by atoms with Crippen LogP contribution in [0, 0.1) is 0 Å². The molecular weight excluding hydrogens is 212 g/mol. The molecule has 1 amide bonds. The number of carbonyl (C=O) groups excluding carboxylic acids is 1. The summed E-state index contributed by atoms with van der Waals surface area (Å²) in [5.74, 6) is 0.0515. The molecule has 0 radical (unpaired) electrons. The van der Waals surface area contributed by atoms with E-state index in [9.17, 15) is 4.79 Å². The fraction of sp³-hybridized carbons (Fsp3) is 0.0714. The third-order valence-corrected chi connectivity index (χ3v) is 2.42. The Balaban J connectivity index is 0.000000136. The molecule has 1 aromatic carbocycles. The summed E-state index contributed by atoms with van der Waals surface area (Å²) in [6.07, 6.45) is 11.6. The van der Waals surface area contributed by atoms with E-state index < -0.39 is 0 Å². The second-order valence-corrected chi connectivity index (χ2v) is 3.61. The van der Waals surface area contributed by atoms with Gasteiger partial charge in [-0.2, -0.15) is 0 Å². The number of allylic oxidation sites excluding steroid dienone is 4. The first kappa shape index (κ1) is 11.2. The molecule has 3 nitrogen and oxygen atoms in total. The molecule has 0 aliphatic carbocycles. The van der Waals surface area contributed by atoms with Gasteiger partial charge in [-0.25, -0.2) is 0 Å². The molecule has 2 N–H and O–H groups in total. The zero-order valence-electron chi connectivity index (χ0n) is 9.39. The lowest BCUT2D eigenvalue weighted by Gasteiger charge is -1.89. The Hall–Kier alpha value is -2.29. The van der Waals surface area contributed by atoms with Crippen LogP contribution in [0.2, 0.25) is 0 Å². The largest absolute Gasteiger partial charge is 0.368 e. The highest BCUT2D eigenvalue weighted by Crippen LogP contribution is 2.13. The Morgan fingerprint density at radius 2 is 1.65 bits per heavy atom. The number of rotatable bonds is 0. The van der Waals surface area contributed by atoms with Gasteiger partial charge in [0, 0.05) is 24.5 Å². The van der Waals surface area contributed by atoms with Crippen molar-refractivity contribution in [2.75, 3.05) is 0 Å². The number of fused-ring (bicyclic) bond motifs is 1. The molecule has 3 heteroatoms. The van der Waals surface area contributed by atoms with Crippen molar-refractivity contribution < 1.29 is 4.79 Å². The second-order valence-electron chi connectivity index (χ2n) is 3.61. The van der Waals surface area contributed by atoms with E-state index in [1.165, 1.54) is 0 Å². The van der Waals surface area contributed by atoms with Gasteiger partial charge >= 0.3 is 0 Å². The molecule has 0 bridgehead atoms. The van der Waals surface area contributed by atoms with E-state index in [-0.39, 0.29) is 5.91 Å². The third-order valence-electron chi connectivity index (χ3n) is 2.42. The highest BCUT2D eigenvalue weighted by atomic mass is 16.1. The van der Waals surface area contributed by atoms with Crippen LogP contribution >= 0.6 is 0 Å². The molecule has 0 unspecified atom stereocenters. The van der Waals surface area contributed by atoms with Crippen LogP contribution in [0.25, 0.3) is 0 Å². The lowest BCUT2D eigenvalue weighted by atomic mass is 10.1. The maximum atomic E-state index is 11.0. The first-order valence-corrected chi connectivity index (χ1v) is 5.48. The summed E-state index contributed by atoms with van der Waals surface area (Å²) in [6.45, 7) is 0.689. The van der Waals surface area contributed by atoms with E-state index in [2.05, 4.69) is 10.6 Å². The van der Waals surface area contributed by atoms with E-state index in [0.29, 0.717) is 6.54 Å². The highest BCUT2D eigenvalue weighted by Gasteiger charge is 2.16. The quantitative estimate of drug-likeness (QED) is 0.711. The minimum absolute atomic E-state index is 0.0515. The zero-order chi connectivity index (χ0) is 11.9. The van der Waals surface area contributed by atoms with E-state index >= 15 is 0 Å². The summed E-state index contributed by atoms with van der Waals surface area (Å²) in [5, 5.41) is 5.67. The van der Waals surface area contributed by atoms with Gasteiger partial charge in [0.25, 0.3) is 5.91 Å². The van der Waals surface area contributed by atoms with Gasteiger partial charge < -0.3 is 10.6 Å². The van der Waals surface area contributed by atoms with Gasteiger partial charge in [0.05, 0.1) is 0 Å². The Morgan fingerprint density at radius 1 is 0.941 bits per heavy atom. The van der Waals surface area contributed by atoms with Crippen molar-refractivity contribution >= 4 is 5.91 Å². The molecule has 3 rings (SSSR count). The molecule has 0 saturated carbocycles. The van der Waals surface area contributed by atoms with Crippen molar-refractivity contribution in [1.29, 1.82) is 0 Å². The van der Waals surface area contributed by atoms with Gasteiger partial charge in [-0.3, -0.25) is 4.79 Å². The first-order valence-electron chi connectivity index (χ1n) is 5.48. The monoisotopic (exact) mass is 226 g/mol. The summed E-state index contributed by atoms with van der Waals surface area (Å²) in [4.78, 5) is 11.0. The lowest BCUT2D eigenvalue weighted by molar-refractivity contribution is 0.0966. The number of benzene rings is 1. The topological polar surface area (TPSA) is 41.1 Å². The number of hydrogen-bond donors (Lipinski definition) is 2. The normalized spacial score (nSPS) is 15.2. The van der Waals surface area contributed by atoms with Crippen molar-refractivity contribution in [3.8, 4) is 0 Å². The van der Waals surface area contributed by atoms with Crippen molar-refractivity contribution in [2.24, 2.45) is 0 Å². The Labute approximate surface area is 101 Å². The number of carbonyl (C=O) groups is 1. The molecule has 0 fully saturated rings. The molecule has 1 aromatic rings. The molecule has 2 aliphatic rings. The van der Waals surface area contributed by atoms with E-state index in [1.54, 1.807) is 0 Å². The Bertz CT molecular complexity index is 473. The van der Waals surface area contributed by atoms with Crippen LogP contribution in [-0.4, -0.2) is 5.91 Å². The molecule has 86 valence electrons. The van der Waals surface area contributed by atoms with Crippen molar-refractivity contribution in [3.05, 3.63) is 72.1 Å². The molecule has 0 aromatic heterocycles. The maximum absolute atomic E-state index is 11.0. The SMILES string of the molecule is C1=CC=CNC=C1.O=C1NCc2ccccc21. The summed E-state index contributed by atoms with van der Waals surface area (Å²) in [7, 11) is 0. The second kappa shape index (κ2) is 5.70. The molecule has 2 aliphatic heterocycles. The van der Waals surface area contributed by atoms with E-state index in [1.807, 2.05) is 61.0 Å². The minimum atomic E-state index is 0.0515. The number of hydrogen-bond acceptors (Lipinski definition) is 2. The van der Waals surface area contributed by atoms with Crippen LogP contribution < -0.4 is 10.6 Å². The number of amides is 1. The molecule has 0 saturated heterocycles. The molecule has 0 atom stereocenters. The van der Waals surface area contributed by atoms with Crippen LogP contribution in [0.3, 0.4) is 0 Å². The van der Waals surface area contributed by atoms with Crippen molar-refractivity contribution in [3.63, 3.8) is 0 Å². The maximum Gasteiger partial charge on any atom is 0.251 e. The standard InChI is InChI=1S/C8H7NO.C6H7N/c10-8-7-4-2-1-3-6(7)5-9-8;1-2-4-6-7-5-3-1/h1-4H,5H2,(H,9,10);1-7H. The van der Waals surface area contributed by atoms with Gasteiger partial charge in [0.15, 0.2) is 0 Å². The van der Waals surface area contributed by atoms with Gasteiger partial charge in [0.1, 0.15) is 0 Å². The van der Waals surface area contributed by atoms with Crippen LogP contribution in [-0.2, 0) is 6.54 Å². The molecular formula is C14H14N2O. The lowest BCUT2D eigenvalue weighted by Crippen LogP contribution is -2.12. The van der Waals surface area contributed by atoms with Crippen molar-refractivity contribution in [1.82, 2.24) is 10.6 Å². The van der Waals surface area contributed by atoms with Gasteiger partial charge in [0.2, 0.25) is 0 Å². The average molecular weight is 226 g/mol. The van der Waals surface area contributed by atoms with Gasteiger partial charge in [-0.1, -0.05) is 30.4 Å². The smallest absolute Gasteiger partial charge is 0.251 e. The van der Waals surface area contributed by atoms with Crippen LogP contribution in [0.15, 0.2) is 61.0 Å². The molecule has 0 spiro atoms. The highest BCUT2D eigenvalue weighted by molar-refractivity contribution is 5.98. The summed E-state index contributed by atoms with van der Waals surface area (Å²) in [5.41, 5.74) is 1.93. The molecule has 2 heterocycles. The van der Waals surface area contributed by atoms with Crippen LogP contribution in [0.5, 0.6) is 0 Å². The minimum Gasteiger partial charge on any atom is -0.368 e. The van der Waals surface area contributed by atoms with E-state index in [4.69, 9.17) is 0 Å². The van der Waals surface area contributed by atoms with Crippen LogP contribution in [0.1, 0.15) is 15.9 Å². The fourth-order valence-corrected chi connectivity index (χ4v) is 1.57. The number of nitrogens with one attached hydrogen (secondary N) is 2. The Kier molecular flexibility index (Phi) is 3.76.